The Morgan fingerprint density at radius 1 is 0.912 bits per heavy atom. The summed E-state index contributed by atoms with van der Waals surface area (Å²) in [7, 11) is 7.71. The highest BCUT2D eigenvalue weighted by Crippen LogP contribution is 2.17. The number of amides is 3. The minimum absolute atomic E-state index is 0.184. The first kappa shape index (κ1) is 27.0. The summed E-state index contributed by atoms with van der Waals surface area (Å²) in [6.45, 7) is 0. The van der Waals surface area contributed by atoms with Gasteiger partial charge in [0.05, 0.1) is 0 Å². The van der Waals surface area contributed by atoms with Crippen molar-refractivity contribution in [3.05, 3.63) is 54.1 Å². The zero-order chi connectivity index (χ0) is 25.1. The van der Waals surface area contributed by atoms with Crippen molar-refractivity contribution in [2.75, 3.05) is 54.8 Å². The van der Waals surface area contributed by atoms with E-state index < -0.39 is 11.9 Å². The molecule has 2 rings (SSSR count). The van der Waals surface area contributed by atoms with E-state index in [1.165, 1.54) is 11.8 Å². The predicted octanol–water partition coefficient (Wildman–Crippen LogP) is 2.57. The van der Waals surface area contributed by atoms with Crippen molar-refractivity contribution in [3.63, 3.8) is 0 Å². The molecule has 2 aromatic carbocycles. The van der Waals surface area contributed by atoms with Gasteiger partial charge in [-0.1, -0.05) is 0 Å². The van der Waals surface area contributed by atoms with E-state index in [1.54, 1.807) is 17.6 Å². The molecule has 0 aliphatic carbocycles. The number of hydrogen-bond donors (Lipinski definition) is 4. The maximum atomic E-state index is 13.0. The molecule has 0 bridgehead atoms. The molecule has 0 fully saturated rings. The monoisotopic (exact) mass is 487 g/mol. The molecular formula is C24H33N5O4S. The second-order valence-corrected chi connectivity index (χ2v) is 9.26. The Kier molecular flexibility index (Phi) is 10.7. The van der Waals surface area contributed by atoms with Crippen LogP contribution in [0.4, 0.5) is 17.1 Å². The zero-order valence-electron chi connectivity index (χ0n) is 20.0. The average molecular weight is 488 g/mol. The molecule has 0 aromatic heterocycles. The number of benzene rings is 2. The average Bonchev–Trinajstić information content (AvgIpc) is 2.83. The van der Waals surface area contributed by atoms with Crippen LogP contribution in [0.15, 0.2) is 48.5 Å². The van der Waals surface area contributed by atoms with Crippen molar-refractivity contribution in [1.82, 2.24) is 10.8 Å². The van der Waals surface area contributed by atoms with Gasteiger partial charge in [0.2, 0.25) is 11.8 Å². The van der Waals surface area contributed by atoms with Crippen LogP contribution in [0.25, 0.3) is 0 Å². The van der Waals surface area contributed by atoms with Gasteiger partial charge in [0.1, 0.15) is 6.04 Å². The van der Waals surface area contributed by atoms with Gasteiger partial charge in [-0.3, -0.25) is 19.6 Å². The van der Waals surface area contributed by atoms with Crippen molar-refractivity contribution in [1.29, 1.82) is 0 Å². The number of carbonyl (C=O) groups is 3. The van der Waals surface area contributed by atoms with Crippen LogP contribution in [-0.2, 0) is 9.59 Å². The number of rotatable bonds is 12. The summed E-state index contributed by atoms with van der Waals surface area (Å²) in [6.07, 6.45) is 0.723. The van der Waals surface area contributed by atoms with Gasteiger partial charge in [0.15, 0.2) is 0 Å². The topological polar surface area (TPSA) is 114 Å². The molecule has 0 aliphatic rings. The van der Waals surface area contributed by atoms with Crippen LogP contribution in [0.5, 0.6) is 0 Å². The van der Waals surface area contributed by atoms with Gasteiger partial charge in [-0.05, 0) is 60.7 Å². The molecule has 9 nitrogen and oxygen atoms in total. The SMILES string of the molecule is CN(C)c1ccc(NC(=O)[C@H](CSCCCC(=O)NO)NC(=O)c2ccc(N(C)C)cc2)cc1. The normalized spacial score (nSPS) is 11.3. The van der Waals surface area contributed by atoms with Gasteiger partial charge in [-0.25, -0.2) is 5.48 Å². The largest absolute Gasteiger partial charge is 0.378 e. The van der Waals surface area contributed by atoms with Crippen LogP contribution in [0.1, 0.15) is 23.2 Å². The van der Waals surface area contributed by atoms with Crippen molar-refractivity contribution >= 4 is 46.5 Å². The molecule has 0 unspecified atom stereocenters. The highest BCUT2D eigenvalue weighted by Gasteiger charge is 2.22. The standard InChI is InChI=1S/C24H33N5O4S/c1-28(2)19-11-7-17(8-12-19)23(31)26-21(16-34-15-5-6-22(30)27-33)24(32)25-18-9-13-20(14-10-18)29(3)4/h7-14,21,33H,5-6,15-16H2,1-4H3,(H,25,32)(H,26,31)(H,27,30)/t21-/m0/s1. The van der Waals surface area contributed by atoms with Crippen molar-refractivity contribution < 1.29 is 19.6 Å². The first-order valence-electron chi connectivity index (χ1n) is 10.9. The molecule has 0 aliphatic heterocycles. The third-order valence-electron chi connectivity index (χ3n) is 5.02. The van der Waals surface area contributed by atoms with Crippen molar-refractivity contribution in [2.24, 2.45) is 0 Å². The molecule has 0 spiro atoms. The van der Waals surface area contributed by atoms with E-state index in [0.29, 0.717) is 29.2 Å². The molecule has 1 atom stereocenters. The maximum Gasteiger partial charge on any atom is 0.251 e. The lowest BCUT2D eigenvalue weighted by Gasteiger charge is -2.19. The smallest absolute Gasteiger partial charge is 0.251 e. The van der Waals surface area contributed by atoms with E-state index >= 15 is 0 Å². The molecule has 3 amide bonds. The second kappa shape index (κ2) is 13.5. The minimum Gasteiger partial charge on any atom is -0.378 e. The van der Waals surface area contributed by atoms with Crippen molar-refractivity contribution in [3.8, 4) is 0 Å². The zero-order valence-corrected chi connectivity index (χ0v) is 20.8. The van der Waals surface area contributed by atoms with Crippen LogP contribution < -0.4 is 25.9 Å². The maximum absolute atomic E-state index is 13.0. The second-order valence-electron chi connectivity index (χ2n) is 8.11. The quantitative estimate of drug-likeness (QED) is 0.207. The van der Waals surface area contributed by atoms with Gasteiger partial charge < -0.3 is 20.4 Å². The van der Waals surface area contributed by atoms with Crippen molar-refractivity contribution in [2.45, 2.75) is 18.9 Å². The van der Waals surface area contributed by atoms with E-state index in [4.69, 9.17) is 5.21 Å². The third-order valence-corrected chi connectivity index (χ3v) is 6.17. The van der Waals surface area contributed by atoms with Gasteiger partial charge in [0, 0.05) is 63.0 Å². The first-order valence-corrected chi connectivity index (χ1v) is 12.0. The summed E-state index contributed by atoms with van der Waals surface area (Å²) in [4.78, 5) is 40.9. The molecule has 0 saturated heterocycles. The number of anilines is 3. The molecule has 10 heteroatoms. The fourth-order valence-electron chi connectivity index (χ4n) is 3.00. The third kappa shape index (κ3) is 8.60. The summed E-state index contributed by atoms with van der Waals surface area (Å²) in [6, 6.07) is 13.8. The van der Waals surface area contributed by atoms with Gasteiger partial charge >= 0.3 is 0 Å². The van der Waals surface area contributed by atoms with E-state index in [1.807, 2.05) is 74.4 Å². The summed E-state index contributed by atoms with van der Waals surface area (Å²) >= 11 is 1.45. The highest BCUT2D eigenvalue weighted by atomic mass is 32.2. The van der Waals surface area contributed by atoms with Crippen LogP contribution in [0.3, 0.4) is 0 Å². The fraction of sp³-hybridized carbons (Fsp3) is 0.375. The Morgan fingerprint density at radius 2 is 1.47 bits per heavy atom. The molecule has 184 valence electrons. The number of hydrogen-bond acceptors (Lipinski definition) is 7. The Morgan fingerprint density at radius 3 is 2.00 bits per heavy atom. The summed E-state index contributed by atoms with van der Waals surface area (Å²) < 4.78 is 0. The van der Waals surface area contributed by atoms with Crippen LogP contribution in [-0.4, -0.2) is 68.7 Å². The Labute approximate surface area is 204 Å². The number of nitrogens with zero attached hydrogens (tertiary/aromatic N) is 2. The summed E-state index contributed by atoms with van der Waals surface area (Å²) in [5.41, 5.74) is 4.67. The molecule has 4 N–H and O–H groups in total. The van der Waals surface area contributed by atoms with E-state index in [0.717, 1.165) is 11.4 Å². The number of carbonyl (C=O) groups excluding carboxylic acids is 3. The number of hydroxylamine groups is 1. The predicted molar refractivity (Wildman–Crippen MR) is 138 cm³/mol. The van der Waals surface area contributed by atoms with E-state index in [2.05, 4.69) is 10.6 Å². The van der Waals surface area contributed by atoms with Gasteiger partial charge in [-0.2, -0.15) is 11.8 Å². The minimum atomic E-state index is -0.772. The van der Waals surface area contributed by atoms with Crippen LogP contribution in [0.2, 0.25) is 0 Å². The lowest BCUT2D eigenvalue weighted by molar-refractivity contribution is -0.129. The highest BCUT2D eigenvalue weighted by molar-refractivity contribution is 7.99. The van der Waals surface area contributed by atoms with Gasteiger partial charge in [-0.15, -0.1) is 0 Å². The lowest BCUT2D eigenvalue weighted by Crippen LogP contribution is -2.45. The number of nitrogens with one attached hydrogen (secondary N) is 3. The first-order chi connectivity index (χ1) is 16.2. The Hall–Kier alpha value is -3.24. The molecule has 0 heterocycles. The van der Waals surface area contributed by atoms with Gasteiger partial charge in [0.25, 0.3) is 5.91 Å². The van der Waals surface area contributed by atoms with Crippen LogP contribution >= 0.6 is 11.8 Å². The summed E-state index contributed by atoms with van der Waals surface area (Å²) in [5.74, 6) is -0.179. The molecule has 2 aromatic rings. The molecular weight excluding hydrogens is 454 g/mol. The molecule has 0 radical (unpaired) electrons. The molecule has 0 saturated carbocycles. The Balaban J connectivity index is 2.05. The van der Waals surface area contributed by atoms with Crippen LogP contribution in [0, 0.1) is 0 Å². The molecule has 34 heavy (non-hydrogen) atoms. The number of thioether (sulfide) groups is 1. The fourth-order valence-corrected chi connectivity index (χ4v) is 3.99. The lowest BCUT2D eigenvalue weighted by atomic mass is 10.1. The summed E-state index contributed by atoms with van der Waals surface area (Å²) in [5, 5.41) is 14.3. The Bertz CT molecular complexity index is 949. The van der Waals surface area contributed by atoms with E-state index in [-0.39, 0.29) is 18.2 Å². The van der Waals surface area contributed by atoms with E-state index in [9.17, 15) is 14.4 Å².